The number of hydrogen-bond donors (Lipinski definition) is 1. The van der Waals surface area contributed by atoms with Gasteiger partial charge in [0.1, 0.15) is 0 Å². The first-order valence-corrected chi connectivity index (χ1v) is 10.3. The lowest BCUT2D eigenvalue weighted by Crippen LogP contribution is -2.43. The van der Waals surface area contributed by atoms with E-state index in [1.54, 1.807) is 73.7 Å². The highest BCUT2D eigenvalue weighted by Gasteiger charge is 2.40. The van der Waals surface area contributed by atoms with Gasteiger partial charge in [-0.1, -0.05) is 66.7 Å². The van der Waals surface area contributed by atoms with Crippen LogP contribution in [0.1, 0.15) is 12.5 Å². The molecule has 0 aliphatic carbocycles. The maximum atomic E-state index is 13.2. The molecular formula is C22H21NO3S. The minimum Gasteiger partial charge on any atom is -0.325 e. The largest absolute Gasteiger partial charge is 0.325 e. The van der Waals surface area contributed by atoms with Crippen molar-refractivity contribution in [3.63, 3.8) is 0 Å². The molecule has 0 unspecified atom stereocenters. The average Bonchev–Trinajstić information content (AvgIpc) is 2.69. The van der Waals surface area contributed by atoms with E-state index in [-0.39, 0.29) is 16.6 Å². The molecule has 0 bridgehead atoms. The molecular weight excluding hydrogens is 358 g/mol. The Morgan fingerprint density at radius 3 is 1.85 bits per heavy atom. The monoisotopic (exact) mass is 379 g/mol. The van der Waals surface area contributed by atoms with Gasteiger partial charge in [0.15, 0.2) is 9.84 Å². The third-order valence-electron chi connectivity index (χ3n) is 4.52. The van der Waals surface area contributed by atoms with Gasteiger partial charge >= 0.3 is 0 Å². The summed E-state index contributed by atoms with van der Waals surface area (Å²) in [6.45, 7) is 1.67. The van der Waals surface area contributed by atoms with Gasteiger partial charge in [0.05, 0.1) is 16.1 Å². The predicted octanol–water partition coefficient (Wildman–Crippen LogP) is 4.06. The Bertz CT molecular complexity index is 1000. The van der Waals surface area contributed by atoms with E-state index >= 15 is 0 Å². The lowest BCUT2D eigenvalue weighted by atomic mass is 9.83. The first-order chi connectivity index (χ1) is 12.9. The summed E-state index contributed by atoms with van der Waals surface area (Å²) in [6, 6.07) is 26.3. The first-order valence-electron chi connectivity index (χ1n) is 8.62. The fraction of sp³-hybridized carbons (Fsp3) is 0.136. The molecule has 3 rings (SSSR count). The van der Waals surface area contributed by atoms with Crippen LogP contribution in [0, 0.1) is 0 Å². The van der Waals surface area contributed by atoms with Crippen LogP contribution in [0.3, 0.4) is 0 Å². The van der Waals surface area contributed by atoms with Gasteiger partial charge in [-0.25, -0.2) is 8.42 Å². The number of para-hydroxylation sites is 1. The van der Waals surface area contributed by atoms with E-state index in [0.717, 1.165) is 0 Å². The Balaban J connectivity index is 2.00. The maximum absolute atomic E-state index is 13.2. The summed E-state index contributed by atoms with van der Waals surface area (Å²) in [6.07, 6.45) is 0. The molecule has 0 saturated heterocycles. The Morgan fingerprint density at radius 1 is 0.815 bits per heavy atom. The van der Waals surface area contributed by atoms with Gasteiger partial charge in [0, 0.05) is 5.69 Å². The van der Waals surface area contributed by atoms with Gasteiger partial charge < -0.3 is 5.32 Å². The zero-order valence-electron chi connectivity index (χ0n) is 15.0. The molecule has 3 aromatic rings. The third-order valence-corrected chi connectivity index (χ3v) is 6.47. The van der Waals surface area contributed by atoms with Gasteiger partial charge in [-0.2, -0.15) is 0 Å². The minimum atomic E-state index is -3.66. The van der Waals surface area contributed by atoms with Crippen molar-refractivity contribution in [2.75, 3.05) is 11.1 Å². The molecule has 0 aliphatic heterocycles. The van der Waals surface area contributed by atoms with E-state index < -0.39 is 15.3 Å². The molecule has 1 amide bonds. The Kier molecular flexibility index (Phi) is 5.42. The van der Waals surface area contributed by atoms with Crippen molar-refractivity contribution in [1.29, 1.82) is 0 Å². The zero-order valence-corrected chi connectivity index (χ0v) is 15.8. The number of amides is 1. The topological polar surface area (TPSA) is 63.2 Å². The summed E-state index contributed by atoms with van der Waals surface area (Å²) in [7, 11) is -3.66. The number of hydrogen-bond acceptors (Lipinski definition) is 3. The first kappa shape index (κ1) is 18.9. The standard InChI is InChI=1S/C22H21NO3S/c1-22(18-11-5-2-6-12-18,21(24)23-19-13-7-3-8-14-19)17-27(25,26)20-15-9-4-10-16-20/h2-16H,17H2,1H3,(H,23,24)/t22-/m1/s1. The van der Waals surface area contributed by atoms with E-state index in [9.17, 15) is 13.2 Å². The van der Waals surface area contributed by atoms with Crippen LogP contribution >= 0.6 is 0 Å². The highest BCUT2D eigenvalue weighted by Crippen LogP contribution is 2.30. The van der Waals surface area contributed by atoms with Crippen LogP contribution in [-0.4, -0.2) is 20.1 Å². The molecule has 27 heavy (non-hydrogen) atoms. The van der Waals surface area contributed by atoms with Gasteiger partial charge in [-0.3, -0.25) is 4.79 Å². The second kappa shape index (κ2) is 7.76. The lowest BCUT2D eigenvalue weighted by Gasteiger charge is -2.29. The molecule has 0 aliphatic rings. The van der Waals surface area contributed by atoms with Crippen molar-refractivity contribution in [2.45, 2.75) is 17.2 Å². The van der Waals surface area contributed by atoms with Crippen LogP contribution in [0.15, 0.2) is 95.9 Å². The molecule has 138 valence electrons. The molecule has 1 atom stereocenters. The molecule has 5 heteroatoms. The number of nitrogens with one attached hydrogen (secondary N) is 1. The van der Waals surface area contributed by atoms with Crippen molar-refractivity contribution >= 4 is 21.4 Å². The summed E-state index contributed by atoms with van der Waals surface area (Å²) in [5, 5.41) is 2.85. The smallest absolute Gasteiger partial charge is 0.235 e. The van der Waals surface area contributed by atoms with Crippen LogP contribution in [0.25, 0.3) is 0 Å². The molecule has 0 heterocycles. The highest BCUT2D eigenvalue weighted by atomic mass is 32.2. The van der Waals surface area contributed by atoms with E-state index in [0.29, 0.717) is 11.3 Å². The normalized spacial score (nSPS) is 13.5. The van der Waals surface area contributed by atoms with Gasteiger partial charge in [0.2, 0.25) is 5.91 Å². The third kappa shape index (κ3) is 4.26. The summed E-state index contributed by atoms with van der Waals surface area (Å²) in [5.74, 6) is -0.688. The number of benzene rings is 3. The molecule has 0 aromatic heterocycles. The van der Waals surface area contributed by atoms with Gasteiger partial charge in [0.25, 0.3) is 0 Å². The SMILES string of the molecule is C[C@](CS(=O)(=O)c1ccccc1)(C(=O)Nc1ccccc1)c1ccccc1. The zero-order chi connectivity index (χ0) is 19.3. The molecule has 3 aromatic carbocycles. The van der Waals surface area contributed by atoms with E-state index in [4.69, 9.17) is 0 Å². The number of carbonyl (C=O) groups is 1. The van der Waals surface area contributed by atoms with Gasteiger partial charge in [-0.15, -0.1) is 0 Å². The van der Waals surface area contributed by atoms with Crippen molar-refractivity contribution in [3.05, 3.63) is 96.6 Å². The molecule has 0 saturated carbocycles. The van der Waals surface area contributed by atoms with Gasteiger partial charge in [-0.05, 0) is 36.8 Å². The Labute approximate surface area is 159 Å². The fourth-order valence-corrected chi connectivity index (χ4v) is 4.76. The maximum Gasteiger partial charge on any atom is 0.235 e. The number of rotatable bonds is 6. The van der Waals surface area contributed by atoms with E-state index in [1.807, 2.05) is 24.3 Å². The summed E-state index contributed by atoms with van der Waals surface area (Å²) in [5.41, 5.74) is 0.0332. The molecule has 0 spiro atoms. The molecule has 0 radical (unpaired) electrons. The Hall–Kier alpha value is -2.92. The second-order valence-electron chi connectivity index (χ2n) is 6.59. The van der Waals surface area contributed by atoms with Crippen LogP contribution in [0.2, 0.25) is 0 Å². The quantitative estimate of drug-likeness (QED) is 0.703. The Morgan fingerprint density at radius 2 is 1.30 bits per heavy atom. The van der Waals surface area contributed by atoms with Crippen LogP contribution < -0.4 is 5.32 Å². The van der Waals surface area contributed by atoms with Crippen molar-refractivity contribution in [1.82, 2.24) is 0 Å². The molecule has 1 N–H and O–H groups in total. The van der Waals surface area contributed by atoms with Crippen molar-refractivity contribution < 1.29 is 13.2 Å². The predicted molar refractivity (Wildman–Crippen MR) is 107 cm³/mol. The van der Waals surface area contributed by atoms with E-state index in [2.05, 4.69) is 5.32 Å². The molecule has 0 fully saturated rings. The van der Waals surface area contributed by atoms with Crippen molar-refractivity contribution in [2.24, 2.45) is 0 Å². The fourth-order valence-electron chi connectivity index (χ4n) is 2.97. The average molecular weight is 379 g/mol. The number of carbonyl (C=O) groups excluding carboxylic acids is 1. The minimum absolute atomic E-state index is 0.208. The van der Waals surface area contributed by atoms with Crippen LogP contribution in [0.4, 0.5) is 5.69 Å². The number of anilines is 1. The van der Waals surface area contributed by atoms with Crippen LogP contribution in [-0.2, 0) is 20.0 Å². The summed E-state index contributed by atoms with van der Waals surface area (Å²) in [4.78, 5) is 13.4. The summed E-state index contributed by atoms with van der Waals surface area (Å²) < 4.78 is 26.0. The number of sulfone groups is 1. The second-order valence-corrected chi connectivity index (χ2v) is 8.58. The summed E-state index contributed by atoms with van der Waals surface area (Å²) >= 11 is 0. The van der Waals surface area contributed by atoms with Crippen LogP contribution in [0.5, 0.6) is 0 Å². The van der Waals surface area contributed by atoms with Crippen molar-refractivity contribution in [3.8, 4) is 0 Å². The molecule has 4 nitrogen and oxygen atoms in total. The highest BCUT2D eigenvalue weighted by molar-refractivity contribution is 7.91. The lowest BCUT2D eigenvalue weighted by molar-refractivity contribution is -0.120. The van der Waals surface area contributed by atoms with E-state index in [1.165, 1.54) is 0 Å².